The highest BCUT2D eigenvalue weighted by Gasteiger charge is 2.22. The van der Waals surface area contributed by atoms with E-state index in [0.29, 0.717) is 23.4 Å². The van der Waals surface area contributed by atoms with Crippen molar-refractivity contribution < 1.29 is 13.1 Å². The SMILES string of the molecule is Cc1cn(SF)c2nccc(Cc3ccc(CC(=O)Nc4cc(C(C)(C)C)nn4-c4ccccc4)c(F)c3)c12. The van der Waals surface area contributed by atoms with Gasteiger partial charge in [0.2, 0.25) is 5.91 Å². The first-order chi connectivity index (χ1) is 18.6. The maximum Gasteiger partial charge on any atom is 0.230 e. The van der Waals surface area contributed by atoms with Gasteiger partial charge in [-0.3, -0.25) is 4.79 Å². The van der Waals surface area contributed by atoms with Crippen LogP contribution in [0.15, 0.2) is 73.1 Å². The molecule has 0 aliphatic carbocycles. The van der Waals surface area contributed by atoms with E-state index >= 15 is 4.39 Å². The smallest absolute Gasteiger partial charge is 0.230 e. The zero-order valence-corrected chi connectivity index (χ0v) is 23.0. The molecule has 0 spiro atoms. The molecule has 200 valence electrons. The van der Waals surface area contributed by atoms with E-state index in [2.05, 4.69) is 31.1 Å². The number of benzene rings is 2. The Hall–Kier alpha value is -3.98. The zero-order valence-electron chi connectivity index (χ0n) is 22.2. The maximum atomic E-state index is 15.1. The van der Waals surface area contributed by atoms with Crippen LogP contribution in [0, 0.1) is 12.7 Å². The number of fused-ring (bicyclic) bond motifs is 1. The summed E-state index contributed by atoms with van der Waals surface area (Å²) in [7, 11) is 0. The van der Waals surface area contributed by atoms with Gasteiger partial charge in [0.05, 0.1) is 17.8 Å². The number of amides is 1. The number of aromatic nitrogens is 4. The molecule has 2 aromatic carbocycles. The molecule has 0 aliphatic rings. The van der Waals surface area contributed by atoms with Crippen LogP contribution in [0.25, 0.3) is 16.7 Å². The number of nitrogens with one attached hydrogen (secondary N) is 1. The Labute approximate surface area is 230 Å². The van der Waals surface area contributed by atoms with Crippen molar-refractivity contribution in [1.29, 1.82) is 0 Å². The van der Waals surface area contributed by atoms with Gasteiger partial charge in [-0.15, -0.1) is 3.89 Å². The maximum absolute atomic E-state index is 15.1. The number of aryl methyl sites for hydroxylation is 1. The fourth-order valence-electron chi connectivity index (χ4n) is 4.61. The van der Waals surface area contributed by atoms with E-state index in [-0.39, 0.29) is 30.1 Å². The van der Waals surface area contributed by atoms with Gasteiger partial charge in [0.25, 0.3) is 0 Å². The van der Waals surface area contributed by atoms with E-state index in [1.54, 1.807) is 23.1 Å². The molecule has 0 unspecified atom stereocenters. The van der Waals surface area contributed by atoms with Gasteiger partial charge in [-0.1, -0.05) is 51.1 Å². The van der Waals surface area contributed by atoms with Gasteiger partial charge in [0, 0.05) is 29.3 Å². The lowest BCUT2D eigenvalue weighted by Crippen LogP contribution is -2.17. The molecule has 0 saturated carbocycles. The lowest BCUT2D eigenvalue weighted by atomic mass is 9.92. The molecule has 3 heterocycles. The minimum Gasteiger partial charge on any atom is -0.310 e. The Morgan fingerprint density at radius 2 is 1.82 bits per heavy atom. The number of hydrogen-bond acceptors (Lipinski definition) is 4. The predicted molar refractivity (Wildman–Crippen MR) is 152 cm³/mol. The Kier molecular flexibility index (Phi) is 7.27. The Bertz CT molecular complexity index is 1650. The molecule has 39 heavy (non-hydrogen) atoms. The fourth-order valence-corrected chi connectivity index (χ4v) is 5.02. The molecular formula is C30H29F2N5OS. The number of halogens is 2. The molecule has 3 aromatic heterocycles. The second-order valence-corrected chi connectivity index (χ2v) is 11.1. The van der Waals surface area contributed by atoms with Gasteiger partial charge < -0.3 is 5.32 Å². The molecule has 5 rings (SSSR count). The summed E-state index contributed by atoms with van der Waals surface area (Å²) in [6.07, 6.45) is 3.66. The Balaban J connectivity index is 1.35. The van der Waals surface area contributed by atoms with E-state index in [4.69, 9.17) is 5.10 Å². The van der Waals surface area contributed by atoms with Crippen LogP contribution in [0.1, 0.15) is 48.7 Å². The average Bonchev–Trinajstić information content (AvgIpc) is 3.48. The minimum absolute atomic E-state index is 0.0974. The number of carbonyl (C=O) groups is 1. The van der Waals surface area contributed by atoms with E-state index in [1.807, 2.05) is 55.5 Å². The normalized spacial score (nSPS) is 11.7. The highest BCUT2D eigenvalue weighted by atomic mass is 32.2. The number of hydrogen-bond donors (Lipinski definition) is 1. The summed E-state index contributed by atoms with van der Waals surface area (Å²) in [5, 5.41) is 8.49. The van der Waals surface area contributed by atoms with Gasteiger partial charge >= 0.3 is 0 Å². The number of carbonyl (C=O) groups excluding carboxylic acids is 1. The van der Waals surface area contributed by atoms with Crippen LogP contribution < -0.4 is 5.32 Å². The van der Waals surface area contributed by atoms with Crippen molar-refractivity contribution in [3.05, 3.63) is 107 Å². The molecule has 0 bridgehead atoms. The first-order valence-corrected chi connectivity index (χ1v) is 13.3. The fraction of sp³-hybridized carbons (Fsp3) is 0.233. The molecule has 0 fully saturated rings. The summed E-state index contributed by atoms with van der Waals surface area (Å²) in [6, 6.07) is 18.2. The van der Waals surface area contributed by atoms with Gasteiger partial charge in [-0.05, 0) is 59.9 Å². The van der Waals surface area contributed by atoms with Gasteiger partial charge in [0.15, 0.2) is 18.0 Å². The number of para-hydroxylation sites is 1. The minimum atomic E-state index is -0.450. The Morgan fingerprint density at radius 1 is 1.05 bits per heavy atom. The summed E-state index contributed by atoms with van der Waals surface area (Å²) < 4.78 is 31.5. The van der Waals surface area contributed by atoms with E-state index in [0.717, 1.165) is 33.5 Å². The number of nitrogens with zero attached hydrogens (tertiary/aromatic N) is 4. The summed E-state index contributed by atoms with van der Waals surface area (Å²) in [5.41, 5.74) is 4.85. The van der Waals surface area contributed by atoms with Crippen molar-refractivity contribution >= 4 is 35.1 Å². The monoisotopic (exact) mass is 545 g/mol. The number of anilines is 1. The number of pyridine rings is 1. The molecular weight excluding hydrogens is 516 g/mol. The van der Waals surface area contributed by atoms with Crippen molar-refractivity contribution in [3.8, 4) is 5.69 Å². The van der Waals surface area contributed by atoms with Crippen LogP contribution in [-0.2, 0) is 23.1 Å². The molecule has 1 amide bonds. The molecule has 1 N–H and O–H groups in total. The second kappa shape index (κ2) is 10.6. The summed E-state index contributed by atoms with van der Waals surface area (Å²) in [4.78, 5) is 17.3. The summed E-state index contributed by atoms with van der Waals surface area (Å²) in [5.74, 6) is -0.257. The van der Waals surface area contributed by atoms with E-state index in [9.17, 15) is 8.68 Å². The van der Waals surface area contributed by atoms with E-state index in [1.165, 1.54) is 10.0 Å². The van der Waals surface area contributed by atoms with Crippen molar-refractivity contribution in [2.45, 2.75) is 46.0 Å². The largest absolute Gasteiger partial charge is 0.310 e. The molecule has 0 aliphatic heterocycles. The highest BCUT2D eigenvalue weighted by Crippen LogP contribution is 2.29. The van der Waals surface area contributed by atoms with Crippen molar-refractivity contribution in [1.82, 2.24) is 18.7 Å². The average molecular weight is 546 g/mol. The molecule has 0 saturated heterocycles. The van der Waals surface area contributed by atoms with Crippen molar-refractivity contribution in [2.24, 2.45) is 0 Å². The first kappa shape index (κ1) is 26.6. The van der Waals surface area contributed by atoms with Crippen LogP contribution in [0.5, 0.6) is 0 Å². The molecule has 5 aromatic rings. The van der Waals surface area contributed by atoms with E-state index < -0.39 is 5.82 Å². The van der Waals surface area contributed by atoms with Crippen molar-refractivity contribution in [3.63, 3.8) is 0 Å². The van der Waals surface area contributed by atoms with Gasteiger partial charge in [-0.25, -0.2) is 18.0 Å². The summed E-state index contributed by atoms with van der Waals surface area (Å²) >= 11 is 0.0974. The van der Waals surface area contributed by atoms with Crippen LogP contribution in [-0.4, -0.2) is 24.6 Å². The van der Waals surface area contributed by atoms with Crippen LogP contribution in [0.4, 0.5) is 14.1 Å². The molecule has 6 nitrogen and oxygen atoms in total. The lowest BCUT2D eigenvalue weighted by Gasteiger charge is -2.14. The third-order valence-corrected chi connectivity index (χ3v) is 7.04. The topological polar surface area (TPSA) is 64.7 Å². The lowest BCUT2D eigenvalue weighted by molar-refractivity contribution is -0.115. The first-order valence-electron chi connectivity index (χ1n) is 12.6. The van der Waals surface area contributed by atoms with Crippen LogP contribution in [0.3, 0.4) is 0 Å². The Morgan fingerprint density at radius 3 is 2.51 bits per heavy atom. The van der Waals surface area contributed by atoms with Crippen LogP contribution in [0.2, 0.25) is 0 Å². The van der Waals surface area contributed by atoms with Gasteiger partial charge in [-0.2, -0.15) is 5.10 Å². The molecule has 9 heteroatoms. The standard InChI is InChI=1S/C30H29F2N5OS/c1-19-18-36(39-32)29-28(19)22(12-13-33-29)14-20-10-11-21(24(31)15-20)16-27(38)34-26-17-25(30(2,3)4)35-37(26)23-8-6-5-7-9-23/h5-13,15,17-18H,14,16H2,1-4H3,(H,34,38). The summed E-state index contributed by atoms with van der Waals surface area (Å²) in [6.45, 7) is 8.07. The third-order valence-electron chi connectivity index (χ3n) is 6.61. The third kappa shape index (κ3) is 5.59. The number of rotatable bonds is 7. The quantitative estimate of drug-likeness (QED) is 0.237. The van der Waals surface area contributed by atoms with Crippen LogP contribution >= 0.6 is 12.3 Å². The van der Waals surface area contributed by atoms with Gasteiger partial charge in [0.1, 0.15) is 11.6 Å². The zero-order chi connectivity index (χ0) is 27.7. The molecule has 0 radical (unpaired) electrons. The van der Waals surface area contributed by atoms with Crippen molar-refractivity contribution in [2.75, 3.05) is 5.32 Å². The predicted octanol–water partition coefficient (Wildman–Crippen LogP) is 7.12. The molecule has 0 atom stereocenters. The highest BCUT2D eigenvalue weighted by molar-refractivity contribution is 7.92. The second-order valence-electron chi connectivity index (χ2n) is 10.6.